The molecule has 1 saturated heterocycles. The highest BCUT2D eigenvalue weighted by Gasteiger charge is 2.18. The number of amides is 1. The topological polar surface area (TPSA) is 81.1 Å². The van der Waals surface area contributed by atoms with Gasteiger partial charge in [-0.1, -0.05) is 17.3 Å². The predicted molar refractivity (Wildman–Crippen MR) is 90.2 cm³/mol. The van der Waals surface area contributed by atoms with Gasteiger partial charge in [0.15, 0.2) is 5.69 Å². The SMILES string of the molecule is COc1cccc(CCNC(=O)c2cn(C3CCNCC3)nn2)c1. The van der Waals surface area contributed by atoms with Crippen molar-refractivity contribution in [1.82, 2.24) is 25.6 Å². The second kappa shape index (κ2) is 7.92. The Hall–Kier alpha value is -2.41. The molecule has 1 aromatic heterocycles. The molecule has 7 heteroatoms. The van der Waals surface area contributed by atoms with Crippen molar-refractivity contribution >= 4 is 5.91 Å². The Labute approximate surface area is 141 Å². The van der Waals surface area contributed by atoms with E-state index < -0.39 is 0 Å². The Morgan fingerprint density at radius 2 is 2.25 bits per heavy atom. The molecule has 0 saturated carbocycles. The van der Waals surface area contributed by atoms with Crippen LogP contribution in [0.4, 0.5) is 0 Å². The van der Waals surface area contributed by atoms with E-state index in [1.807, 2.05) is 28.9 Å². The van der Waals surface area contributed by atoms with E-state index in [2.05, 4.69) is 20.9 Å². The first-order valence-corrected chi connectivity index (χ1v) is 8.30. The van der Waals surface area contributed by atoms with Gasteiger partial charge in [-0.25, -0.2) is 4.68 Å². The quantitative estimate of drug-likeness (QED) is 0.832. The van der Waals surface area contributed by atoms with Crippen molar-refractivity contribution in [2.75, 3.05) is 26.7 Å². The smallest absolute Gasteiger partial charge is 0.273 e. The molecule has 1 aliphatic heterocycles. The molecule has 128 valence electrons. The van der Waals surface area contributed by atoms with Crippen molar-refractivity contribution in [2.24, 2.45) is 0 Å². The first-order chi connectivity index (χ1) is 11.8. The molecule has 1 fully saturated rings. The summed E-state index contributed by atoms with van der Waals surface area (Å²) in [5.74, 6) is 0.641. The fourth-order valence-electron chi connectivity index (χ4n) is 2.87. The van der Waals surface area contributed by atoms with E-state index >= 15 is 0 Å². The average Bonchev–Trinajstić information content (AvgIpc) is 3.13. The number of ether oxygens (including phenoxy) is 1. The van der Waals surface area contributed by atoms with Gasteiger partial charge in [-0.05, 0) is 50.0 Å². The minimum absolute atomic E-state index is 0.182. The van der Waals surface area contributed by atoms with E-state index in [0.717, 1.165) is 43.7 Å². The van der Waals surface area contributed by atoms with Crippen LogP contribution in [0.2, 0.25) is 0 Å². The largest absolute Gasteiger partial charge is 0.497 e. The highest BCUT2D eigenvalue weighted by atomic mass is 16.5. The van der Waals surface area contributed by atoms with Crippen LogP contribution in [0.5, 0.6) is 5.75 Å². The maximum Gasteiger partial charge on any atom is 0.273 e. The van der Waals surface area contributed by atoms with Gasteiger partial charge in [-0.2, -0.15) is 0 Å². The van der Waals surface area contributed by atoms with Crippen molar-refractivity contribution in [3.05, 3.63) is 41.7 Å². The molecule has 1 amide bonds. The number of rotatable bonds is 6. The van der Waals surface area contributed by atoms with Crippen LogP contribution in [0.25, 0.3) is 0 Å². The minimum atomic E-state index is -0.182. The maximum atomic E-state index is 12.2. The number of nitrogens with zero attached hydrogens (tertiary/aromatic N) is 3. The van der Waals surface area contributed by atoms with Gasteiger partial charge in [0.2, 0.25) is 0 Å². The van der Waals surface area contributed by atoms with Crippen LogP contribution in [0.15, 0.2) is 30.5 Å². The molecule has 0 unspecified atom stereocenters. The lowest BCUT2D eigenvalue weighted by atomic mass is 10.1. The van der Waals surface area contributed by atoms with Crippen LogP contribution in [-0.4, -0.2) is 47.6 Å². The summed E-state index contributed by atoms with van der Waals surface area (Å²) in [6.45, 7) is 2.51. The van der Waals surface area contributed by atoms with Crippen LogP contribution >= 0.6 is 0 Å². The third-order valence-corrected chi connectivity index (χ3v) is 4.26. The van der Waals surface area contributed by atoms with Gasteiger partial charge in [-0.3, -0.25) is 4.79 Å². The molecule has 7 nitrogen and oxygen atoms in total. The first kappa shape index (κ1) is 16.4. The zero-order valence-corrected chi connectivity index (χ0v) is 13.9. The van der Waals surface area contributed by atoms with E-state index in [4.69, 9.17) is 4.74 Å². The molecule has 0 atom stereocenters. The Balaban J connectivity index is 1.50. The molecule has 0 radical (unpaired) electrons. The number of benzene rings is 1. The molecular weight excluding hydrogens is 306 g/mol. The normalized spacial score (nSPS) is 15.2. The lowest BCUT2D eigenvalue weighted by Crippen LogP contribution is -2.29. The highest BCUT2D eigenvalue weighted by Crippen LogP contribution is 2.17. The number of hydrogen-bond acceptors (Lipinski definition) is 5. The summed E-state index contributed by atoms with van der Waals surface area (Å²) in [7, 11) is 1.65. The summed E-state index contributed by atoms with van der Waals surface area (Å²) in [6.07, 6.45) is 4.52. The van der Waals surface area contributed by atoms with Crippen molar-refractivity contribution in [3.63, 3.8) is 0 Å². The highest BCUT2D eigenvalue weighted by molar-refractivity contribution is 5.91. The van der Waals surface area contributed by atoms with Crippen LogP contribution < -0.4 is 15.4 Å². The standard InChI is InChI=1S/C17H23N5O2/c1-24-15-4-2-3-13(11-15)5-10-19-17(23)16-12-22(21-20-16)14-6-8-18-9-7-14/h2-4,11-12,14,18H,5-10H2,1H3,(H,19,23). The van der Waals surface area contributed by atoms with E-state index in [1.165, 1.54) is 0 Å². The number of methoxy groups -OCH3 is 1. The second-order valence-electron chi connectivity index (χ2n) is 5.92. The zero-order valence-electron chi connectivity index (χ0n) is 13.9. The van der Waals surface area contributed by atoms with Crippen LogP contribution in [0, 0.1) is 0 Å². The Kier molecular flexibility index (Phi) is 5.43. The molecule has 1 aliphatic rings. The van der Waals surface area contributed by atoms with E-state index in [0.29, 0.717) is 18.3 Å². The number of nitrogens with one attached hydrogen (secondary N) is 2. The van der Waals surface area contributed by atoms with Crippen molar-refractivity contribution in [1.29, 1.82) is 0 Å². The molecule has 2 N–H and O–H groups in total. The van der Waals surface area contributed by atoms with Crippen molar-refractivity contribution in [3.8, 4) is 5.75 Å². The second-order valence-corrected chi connectivity index (χ2v) is 5.92. The fourth-order valence-corrected chi connectivity index (χ4v) is 2.87. The average molecular weight is 329 g/mol. The summed E-state index contributed by atoms with van der Waals surface area (Å²) >= 11 is 0. The van der Waals surface area contributed by atoms with Gasteiger partial charge in [0.1, 0.15) is 5.75 Å². The molecule has 2 heterocycles. The van der Waals surface area contributed by atoms with Gasteiger partial charge in [-0.15, -0.1) is 5.10 Å². The Bertz CT molecular complexity index is 679. The van der Waals surface area contributed by atoms with E-state index in [1.54, 1.807) is 13.3 Å². The molecule has 1 aromatic carbocycles. The number of hydrogen-bond donors (Lipinski definition) is 2. The monoisotopic (exact) mass is 329 g/mol. The van der Waals surface area contributed by atoms with E-state index in [-0.39, 0.29) is 5.91 Å². The molecule has 0 aliphatic carbocycles. The molecule has 0 spiro atoms. The number of piperidine rings is 1. The van der Waals surface area contributed by atoms with Crippen LogP contribution in [0.1, 0.15) is 34.9 Å². The summed E-state index contributed by atoms with van der Waals surface area (Å²) in [5.41, 5.74) is 1.49. The minimum Gasteiger partial charge on any atom is -0.497 e. The van der Waals surface area contributed by atoms with Crippen LogP contribution in [0.3, 0.4) is 0 Å². The molecule has 0 bridgehead atoms. The summed E-state index contributed by atoms with van der Waals surface area (Å²) in [6, 6.07) is 8.17. The van der Waals surface area contributed by atoms with Crippen LogP contribution in [-0.2, 0) is 6.42 Å². The van der Waals surface area contributed by atoms with Gasteiger partial charge in [0, 0.05) is 6.54 Å². The molecule has 3 rings (SSSR count). The lowest BCUT2D eigenvalue weighted by Gasteiger charge is -2.22. The maximum absolute atomic E-state index is 12.2. The van der Waals surface area contributed by atoms with E-state index in [9.17, 15) is 4.79 Å². The number of aromatic nitrogens is 3. The third-order valence-electron chi connectivity index (χ3n) is 4.26. The molecular formula is C17H23N5O2. The predicted octanol–water partition coefficient (Wildman–Crippen LogP) is 1.18. The molecule has 2 aromatic rings. The van der Waals surface area contributed by atoms with Gasteiger partial charge >= 0.3 is 0 Å². The van der Waals surface area contributed by atoms with Gasteiger partial charge in [0.05, 0.1) is 19.3 Å². The van der Waals surface area contributed by atoms with Gasteiger partial charge in [0.25, 0.3) is 5.91 Å². The third kappa shape index (κ3) is 4.11. The summed E-state index contributed by atoms with van der Waals surface area (Å²) < 4.78 is 7.02. The fraction of sp³-hybridized carbons (Fsp3) is 0.471. The zero-order chi connectivity index (χ0) is 16.8. The number of carbonyl (C=O) groups excluding carboxylic acids is 1. The summed E-state index contributed by atoms with van der Waals surface area (Å²) in [5, 5.41) is 14.3. The Morgan fingerprint density at radius 3 is 3.04 bits per heavy atom. The first-order valence-electron chi connectivity index (χ1n) is 8.30. The molecule has 24 heavy (non-hydrogen) atoms. The lowest BCUT2D eigenvalue weighted by molar-refractivity contribution is 0.0949. The van der Waals surface area contributed by atoms with Crippen molar-refractivity contribution in [2.45, 2.75) is 25.3 Å². The van der Waals surface area contributed by atoms with Crippen molar-refractivity contribution < 1.29 is 9.53 Å². The van der Waals surface area contributed by atoms with Gasteiger partial charge < -0.3 is 15.4 Å². The number of carbonyl (C=O) groups is 1. The summed E-state index contributed by atoms with van der Waals surface area (Å²) in [4.78, 5) is 12.2. The Morgan fingerprint density at radius 1 is 1.42 bits per heavy atom.